The molecule has 0 aromatic heterocycles. The molecule has 2 rings (SSSR count). The Bertz CT molecular complexity index is 605. The zero-order valence-corrected chi connectivity index (χ0v) is 15.4. The van der Waals surface area contributed by atoms with E-state index in [0.29, 0.717) is 6.42 Å². The van der Waals surface area contributed by atoms with E-state index in [1.807, 2.05) is 37.3 Å². The molecule has 0 spiro atoms. The van der Waals surface area contributed by atoms with Crippen molar-refractivity contribution >= 4 is 11.9 Å². The van der Waals surface area contributed by atoms with Crippen LogP contribution in [0.5, 0.6) is 0 Å². The molecule has 0 amide bonds. The second-order valence-electron chi connectivity index (χ2n) is 6.33. The molecule has 1 aliphatic heterocycles. The van der Waals surface area contributed by atoms with Crippen LogP contribution in [-0.4, -0.2) is 59.5 Å². The first-order valence-corrected chi connectivity index (χ1v) is 8.92. The Morgan fingerprint density at radius 3 is 2.48 bits per heavy atom. The summed E-state index contributed by atoms with van der Waals surface area (Å²) in [5.41, 5.74) is 0.858. The predicted octanol–water partition coefficient (Wildman–Crippen LogP) is 0.925. The number of aliphatic hydroxyl groups is 2. The minimum atomic E-state index is -1.44. The minimum absolute atomic E-state index is 0.149. The summed E-state index contributed by atoms with van der Waals surface area (Å²) in [4.78, 5) is 22.9. The van der Waals surface area contributed by atoms with Crippen molar-refractivity contribution in [1.29, 1.82) is 0 Å². The van der Waals surface area contributed by atoms with Crippen LogP contribution in [0.1, 0.15) is 32.3 Å². The van der Waals surface area contributed by atoms with Crippen LogP contribution in [0, 0.1) is 0 Å². The van der Waals surface area contributed by atoms with E-state index in [1.54, 1.807) is 0 Å². The topological polar surface area (TPSA) is 112 Å². The standard InChI is InChI=1S/C19H26O8/c1-3-7-15(21)27-18-17(23)16(22)14(11-24-12(2)20)26-19(18)25-10-13-8-5-4-6-9-13/h4-6,8-9,14,16-19,22-23H,3,7,10-11H2,1-2H3/t14-,16-,17+,18-,19-/m0/s1. The zero-order valence-electron chi connectivity index (χ0n) is 15.4. The van der Waals surface area contributed by atoms with Crippen molar-refractivity contribution in [3.63, 3.8) is 0 Å². The van der Waals surface area contributed by atoms with Crippen LogP contribution in [0.15, 0.2) is 30.3 Å². The summed E-state index contributed by atoms with van der Waals surface area (Å²) in [5.74, 6) is -1.07. The molecule has 8 heteroatoms. The third-order valence-electron chi connectivity index (χ3n) is 4.07. The molecule has 1 aromatic rings. The van der Waals surface area contributed by atoms with Gasteiger partial charge in [0.2, 0.25) is 0 Å². The highest BCUT2D eigenvalue weighted by molar-refractivity contribution is 5.69. The van der Waals surface area contributed by atoms with Crippen LogP contribution >= 0.6 is 0 Å². The molecule has 8 nitrogen and oxygen atoms in total. The maximum Gasteiger partial charge on any atom is 0.306 e. The number of hydrogen-bond donors (Lipinski definition) is 2. The third-order valence-corrected chi connectivity index (χ3v) is 4.07. The predicted molar refractivity (Wildman–Crippen MR) is 93.3 cm³/mol. The first-order chi connectivity index (χ1) is 12.9. The molecule has 150 valence electrons. The number of ether oxygens (including phenoxy) is 4. The van der Waals surface area contributed by atoms with Gasteiger partial charge in [0.1, 0.15) is 24.9 Å². The fourth-order valence-electron chi connectivity index (χ4n) is 2.67. The van der Waals surface area contributed by atoms with Crippen molar-refractivity contribution in [2.75, 3.05) is 6.61 Å². The SMILES string of the molecule is CCCC(=O)O[C@@H]1[C@@H](OCc2ccccc2)O[C@@H](COC(C)=O)[C@H](O)[C@H]1O. The Labute approximate surface area is 158 Å². The first kappa shape index (κ1) is 21.3. The number of carbonyl (C=O) groups excluding carboxylic acids is 2. The molecule has 1 aromatic carbocycles. The van der Waals surface area contributed by atoms with E-state index >= 15 is 0 Å². The molecule has 0 bridgehead atoms. The maximum atomic E-state index is 11.9. The minimum Gasteiger partial charge on any atom is -0.463 e. The van der Waals surface area contributed by atoms with Crippen LogP contribution in [0.2, 0.25) is 0 Å². The number of benzene rings is 1. The van der Waals surface area contributed by atoms with E-state index in [9.17, 15) is 19.8 Å². The third kappa shape index (κ3) is 6.28. The van der Waals surface area contributed by atoms with Gasteiger partial charge >= 0.3 is 11.9 Å². The average molecular weight is 382 g/mol. The van der Waals surface area contributed by atoms with Crippen LogP contribution in [0.25, 0.3) is 0 Å². The quantitative estimate of drug-likeness (QED) is 0.639. The van der Waals surface area contributed by atoms with Crippen LogP contribution in [-0.2, 0) is 35.1 Å². The van der Waals surface area contributed by atoms with Crippen molar-refractivity contribution < 1.29 is 38.7 Å². The fraction of sp³-hybridized carbons (Fsp3) is 0.579. The van der Waals surface area contributed by atoms with Gasteiger partial charge in [-0.2, -0.15) is 0 Å². The number of hydrogen-bond acceptors (Lipinski definition) is 8. The molecule has 1 saturated heterocycles. The van der Waals surface area contributed by atoms with Crippen LogP contribution in [0.4, 0.5) is 0 Å². The summed E-state index contributed by atoms with van der Waals surface area (Å²) >= 11 is 0. The monoisotopic (exact) mass is 382 g/mol. The van der Waals surface area contributed by atoms with E-state index in [-0.39, 0.29) is 19.6 Å². The Morgan fingerprint density at radius 2 is 1.85 bits per heavy atom. The van der Waals surface area contributed by atoms with Gasteiger partial charge in [0.25, 0.3) is 0 Å². The summed E-state index contributed by atoms with van der Waals surface area (Å²) in [6, 6.07) is 9.26. The lowest BCUT2D eigenvalue weighted by atomic mass is 9.99. The van der Waals surface area contributed by atoms with E-state index in [1.165, 1.54) is 6.92 Å². The number of aliphatic hydroxyl groups excluding tert-OH is 2. The van der Waals surface area contributed by atoms with Crippen molar-refractivity contribution in [3.05, 3.63) is 35.9 Å². The van der Waals surface area contributed by atoms with Crippen LogP contribution < -0.4 is 0 Å². The Kier molecular flexibility index (Phi) is 8.18. The smallest absolute Gasteiger partial charge is 0.306 e. The van der Waals surface area contributed by atoms with Crippen molar-refractivity contribution in [1.82, 2.24) is 0 Å². The molecule has 5 atom stereocenters. The lowest BCUT2D eigenvalue weighted by molar-refractivity contribution is -0.307. The maximum absolute atomic E-state index is 11.9. The van der Waals surface area contributed by atoms with Crippen molar-refractivity contribution in [2.24, 2.45) is 0 Å². The summed E-state index contributed by atoms with van der Waals surface area (Å²) in [6.07, 6.45) is -5.43. The Balaban J connectivity index is 2.10. The van der Waals surface area contributed by atoms with Gasteiger partial charge in [-0.3, -0.25) is 9.59 Å². The number of rotatable bonds is 8. The average Bonchev–Trinajstić information content (AvgIpc) is 2.65. The largest absolute Gasteiger partial charge is 0.463 e. The van der Waals surface area contributed by atoms with Gasteiger partial charge in [0, 0.05) is 13.3 Å². The molecule has 0 aliphatic carbocycles. The van der Waals surface area contributed by atoms with Gasteiger partial charge in [0.15, 0.2) is 12.4 Å². The molecule has 0 unspecified atom stereocenters. The molecular formula is C19H26O8. The van der Waals surface area contributed by atoms with E-state index < -0.39 is 42.6 Å². The molecule has 0 radical (unpaired) electrons. The van der Waals surface area contributed by atoms with Crippen molar-refractivity contribution in [2.45, 2.75) is 64.0 Å². The number of esters is 2. The summed E-state index contributed by atoms with van der Waals surface area (Å²) in [5, 5.41) is 20.7. The van der Waals surface area contributed by atoms with E-state index in [4.69, 9.17) is 18.9 Å². The molecule has 1 heterocycles. The number of carbonyl (C=O) groups is 2. The van der Waals surface area contributed by atoms with Gasteiger partial charge in [0.05, 0.1) is 6.61 Å². The summed E-state index contributed by atoms with van der Waals surface area (Å²) < 4.78 is 21.5. The van der Waals surface area contributed by atoms with Gasteiger partial charge in [-0.25, -0.2) is 0 Å². The Morgan fingerprint density at radius 1 is 1.15 bits per heavy atom. The summed E-state index contributed by atoms with van der Waals surface area (Å²) in [7, 11) is 0. The summed E-state index contributed by atoms with van der Waals surface area (Å²) in [6.45, 7) is 2.94. The van der Waals surface area contributed by atoms with Gasteiger partial charge < -0.3 is 29.2 Å². The lowest BCUT2D eigenvalue weighted by Gasteiger charge is -2.41. The highest BCUT2D eigenvalue weighted by atomic mass is 16.7. The second kappa shape index (κ2) is 10.4. The Hall–Kier alpha value is -2.00. The van der Waals surface area contributed by atoms with Crippen molar-refractivity contribution in [3.8, 4) is 0 Å². The fourth-order valence-corrected chi connectivity index (χ4v) is 2.67. The van der Waals surface area contributed by atoms with E-state index in [2.05, 4.69) is 0 Å². The second-order valence-corrected chi connectivity index (χ2v) is 6.33. The van der Waals surface area contributed by atoms with Gasteiger partial charge in [-0.1, -0.05) is 37.3 Å². The van der Waals surface area contributed by atoms with Crippen LogP contribution in [0.3, 0.4) is 0 Å². The molecular weight excluding hydrogens is 356 g/mol. The van der Waals surface area contributed by atoms with Gasteiger partial charge in [-0.05, 0) is 12.0 Å². The van der Waals surface area contributed by atoms with Gasteiger partial charge in [-0.15, -0.1) is 0 Å². The highest BCUT2D eigenvalue weighted by Crippen LogP contribution is 2.26. The molecule has 27 heavy (non-hydrogen) atoms. The normalized spacial score (nSPS) is 27.8. The lowest BCUT2D eigenvalue weighted by Crippen LogP contribution is -2.60. The molecule has 2 N–H and O–H groups in total. The molecule has 0 saturated carbocycles. The first-order valence-electron chi connectivity index (χ1n) is 8.92. The van der Waals surface area contributed by atoms with E-state index in [0.717, 1.165) is 5.56 Å². The zero-order chi connectivity index (χ0) is 19.8. The molecule has 1 fully saturated rings. The highest BCUT2D eigenvalue weighted by Gasteiger charge is 2.47. The molecule has 1 aliphatic rings.